The summed E-state index contributed by atoms with van der Waals surface area (Å²) in [6, 6.07) is 5.13. The van der Waals surface area contributed by atoms with Gasteiger partial charge >= 0.3 is 0 Å². The first-order valence-corrected chi connectivity index (χ1v) is 9.50. The highest BCUT2D eigenvalue weighted by Gasteiger charge is 2.47. The second kappa shape index (κ2) is 6.93. The van der Waals surface area contributed by atoms with Crippen LogP contribution in [0.1, 0.15) is 25.6 Å². The lowest BCUT2D eigenvalue weighted by molar-refractivity contribution is 0.0974. The summed E-state index contributed by atoms with van der Waals surface area (Å²) in [5.74, 6) is -1.21. The monoisotopic (exact) mass is 390 g/mol. The molecule has 0 unspecified atom stereocenters. The van der Waals surface area contributed by atoms with Gasteiger partial charge < -0.3 is 15.4 Å². The number of rotatable bonds is 2. The van der Waals surface area contributed by atoms with Crippen LogP contribution < -0.4 is 16.2 Å². The van der Waals surface area contributed by atoms with Gasteiger partial charge in [-0.25, -0.2) is 13.8 Å². The number of nitrogens with zero attached hydrogens (tertiary/aromatic N) is 3. The van der Waals surface area contributed by atoms with Gasteiger partial charge in [0.2, 0.25) is 0 Å². The summed E-state index contributed by atoms with van der Waals surface area (Å²) in [5.41, 5.74) is 5.75. The van der Waals surface area contributed by atoms with Crippen LogP contribution in [-0.4, -0.2) is 41.4 Å². The molecule has 0 radical (unpaired) electrons. The lowest BCUT2D eigenvalue weighted by atomic mass is 9.73. The van der Waals surface area contributed by atoms with E-state index in [-0.39, 0.29) is 23.2 Å². The van der Waals surface area contributed by atoms with Crippen molar-refractivity contribution in [3.63, 3.8) is 0 Å². The molecular weight excluding hydrogens is 366 g/mol. The number of halogens is 2. The van der Waals surface area contributed by atoms with Crippen LogP contribution in [0.3, 0.4) is 0 Å². The summed E-state index contributed by atoms with van der Waals surface area (Å²) >= 11 is 0. The smallest absolute Gasteiger partial charge is 0.260 e. The molecule has 28 heavy (non-hydrogen) atoms. The van der Waals surface area contributed by atoms with Gasteiger partial charge in [-0.2, -0.15) is 0 Å². The molecule has 2 saturated heterocycles. The van der Waals surface area contributed by atoms with E-state index in [4.69, 9.17) is 10.5 Å². The van der Waals surface area contributed by atoms with Crippen LogP contribution in [0.15, 0.2) is 29.1 Å². The van der Waals surface area contributed by atoms with Crippen LogP contribution in [0, 0.1) is 24.0 Å². The summed E-state index contributed by atoms with van der Waals surface area (Å²) in [4.78, 5) is 19.2. The fraction of sp³-hybridized carbons (Fsp3) is 0.500. The summed E-state index contributed by atoms with van der Waals surface area (Å²) in [5, 5.41) is 0. The lowest BCUT2D eigenvalue weighted by Crippen LogP contribution is -2.51. The van der Waals surface area contributed by atoms with Crippen LogP contribution in [0.5, 0.6) is 0 Å². The Morgan fingerprint density at radius 2 is 2.00 bits per heavy atom. The van der Waals surface area contributed by atoms with Crippen molar-refractivity contribution in [1.82, 2.24) is 9.55 Å². The number of hydrogen-bond acceptors (Lipinski definition) is 5. The quantitative estimate of drug-likeness (QED) is 0.851. The largest absolute Gasteiger partial charge is 0.376 e. The predicted molar refractivity (Wildman–Crippen MR) is 102 cm³/mol. The Morgan fingerprint density at radius 1 is 1.29 bits per heavy atom. The van der Waals surface area contributed by atoms with Gasteiger partial charge in [-0.15, -0.1) is 0 Å². The van der Waals surface area contributed by atoms with Crippen LogP contribution >= 0.6 is 0 Å². The Kier molecular flexibility index (Phi) is 4.71. The number of aryl methyl sites for hydroxylation is 1. The number of piperidine rings is 1. The summed E-state index contributed by atoms with van der Waals surface area (Å²) in [7, 11) is 0. The van der Waals surface area contributed by atoms with E-state index in [1.807, 2.05) is 11.8 Å². The molecule has 0 bridgehead atoms. The van der Waals surface area contributed by atoms with Crippen molar-refractivity contribution in [3.05, 3.63) is 52.1 Å². The zero-order valence-electron chi connectivity index (χ0n) is 16.0. The van der Waals surface area contributed by atoms with Gasteiger partial charge in [-0.05, 0) is 38.8 Å². The van der Waals surface area contributed by atoms with Crippen LogP contribution in [0.2, 0.25) is 0 Å². The third kappa shape index (κ3) is 3.00. The SMILES string of the molecule is Cc1nc(N2CCC3(CC2)CO[C@@H](C)[C@H]3N)cc(=O)n1-c1cccc(F)c1F. The number of aromatic nitrogens is 2. The van der Waals surface area contributed by atoms with Crippen molar-refractivity contribution in [2.45, 2.75) is 38.8 Å². The Morgan fingerprint density at radius 3 is 2.61 bits per heavy atom. The first-order valence-electron chi connectivity index (χ1n) is 9.50. The van der Waals surface area contributed by atoms with E-state index in [0.29, 0.717) is 31.3 Å². The second-order valence-corrected chi connectivity index (χ2v) is 7.80. The van der Waals surface area contributed by atoms with Crippen molar-refractivity contribution in [2.24, 2.45) is 11.1 Å². The molecular formula is C20H24F2N4O2. The average molecular weight is 390 g/mol. The molecule has 2 aromatic rings. The molecule has 3 heterocycles. The Hall–Kier alpha value is -2.32. The highest BCUT2D eigenvalue weighted by Crippen LogP contribution is 2.41. The molecule has 6 nitrogen and oxygen atoms in total. The maximum atomic E-state index is 14.1. The van der Waals surface area contributed by atoms with Crippen molar-refractivity contribution < 1.29 is 13.5 Å². The Balaban J connectivity index is 1.60. The minimum atomic E-state index is -1.06. The first-order chi connectivity index (χ1) is 13.3. The van der Waals surface area contributed by atoms with E-state index in [1.54, 1.807) is 6.92 Å². The Labute approximate surface area is 161 Å². The molecule has 150 valence electrons. The molecule has 1 aromatic heterocycles. The van der Waals surface area contributed by atoms with Crippen molar-refractivity contribution in [1.29, 1.82) is 0 Å². The highest BCUT2D eigenvalue weighted by molar-refractivity contribution is 5.42. The first kappa shape index (κ1) is 19.0. The van der Waals surface area contributed by atoms with Crippen molar-refractivity contribution >= 4 is 5.82 Å². The minimum Gasteiger partial charge on any atom is -0.376 e. The van der Waals surface area contributed by atoms with Gasteiger partial charge in [0.05, 0.1) is 18.4 Å². The number of hydrogen-bond donors (Lipinski definition) is 1. The van der Waals surface area contributed by atoms with E-state index in [9.17, 15) is 13.6 Å². The number of benzene rings is 1. The molecule has 0 aliphatic carbocycles. The zero-order valence-corrected chi connectivity index (χ0v) is 16.0. The molecule has 1 aromatic carbocycles. The fourth-order valence-corrected chi connectivity index (χ4v) is 4.36. The van der Waals surface area contributed by atoms with E-state index < -0.39 is 17.2 Å². The van der Waals surface area contributed by atoms with E-state index in [2.05, 4.69) is 4.98 Å². The third-order valence-electron chi connectivity index (χ3n) is 6.17. The molecule has 0 saturated carbocycles. The molecule has 2 aliphatic rings. The van der Waals surface area contributed by atoms with Crippen LogP contribution in [0.25, 0.3) is 5.69 Å². The van der Waals surface area contributed by atoms with Gasteiger partial charge in [-0.1, -0.05) is 6.07 Å². The second-order valence-electron chi connectivity index (χ2n) is 7.80. The normalized spacial score (nSPS) is 24.1. The summed E-state index contributed by atoms with van der Waals surface area (Å²) in [6.07, 6.45) is 1.78. The molecule has 2 atom stereocenters. The maximum absolute atomic E-state index is 14.1. The minimum absolute atomic E-state index is 0.00768. The van der Waals surface area contributed by atoms with Gasteiger partial charge in [0.15, 0.2) is 11.6 Å². The number of nitrogens with two attached hydrogens (primary N) is 1. The Bertz CT molecular complexity index is 954. The molecule has 2 N–H and O–H groups in total. The molecule has 2 fully saturated rings. The number of ether oxygens (including phenoxy) is 1. The average Bonchev–Trinajstić information content (AvgIpc) is 2.94. The lowest BCUT2D eigenvalue weighted by Gasteiger charge is -2.41. The highest BCUT2D eigenvalue weighted by atomic mass is 19.2. The maximum Gasteiger partial charge on any atom is 0.260 e. The fourth-order valence-electron chi connectivity index (χ4n) is 4.36. The predicted octanol–water partition coefficient (Wildman–Crippen LogP) is 2.15. The molecule has 2 aliphatic heterocycles. The topological polar surface area (TPSA) is 73.4 Å². The van der Waals surface area contributed by atoms with E-state index >= 15 is 0 Å². The zero-order chi connectivity index (χ0) is 20.1. The molecule has 4 rings (SSSR count). The van der Waals surface area contributed by atoms with Crippen LogP contribution in [0.4, 0.5) is 14.6 Å². The standard InChI is InChI=1S/C20H24F2N4O2/c1-12-19(23)20(11-28-12)6-8-25(9-7-20)16-10-17(27)26(13(2)24-16)15-5-3-4-14(21)18(15)22/h3-5,10,12,19H,6-9,11,23H2,1-2H3/t12-,19+/m0/s1. The molecule has 1 spiro atoms. The van der Waals surface area contributed by atoms with Gasteiger partial charge in [-0.3, -0.25) is 9.36 Å². The van der Waals surface area contributed by atoms with Crippen molar-refractivity contribution in [2.75, 3.05) is 24.6 Å². The van der Waals surface area contributed by atoms with Crippen LogP contribution in [-0.2, 0) is 4.74 Å². The molecule has 8 heteroatoms. The van der Waals surface area contributed by atoms with Gasteiger partial charge in [0, 0.05) is 30.6 Å². The summed E-state index contributed by atoms with van der Waals surface area (Å²) in [6.45, 7) is 5.71. The third-order valence-corrected chi connectivity index (χ3v) is 6.17. The van der Waals surface area contributed by atoms with Gasteiger partial charge in [0.1, 0.15) is 11.6 Å². The summed E-state index contributed by atoms with van der Waals surface area (Å²) < 4.78 is 34.5. The van der Waals surface area contributed by atoms with E-state index in [1.165, 1.54) is 18.2 Å². The van der Waals surface area contributed by atoms with Gasteiger partial charge in [0.25, 0.3) is 5.56 Å². The van der Waals surface area contributed by atoms with Crippen molar-refractivity contribution in [3.8, 4) is 5.69 Å². The number of anilines is 1. The molecule has 0 amide bonds. The van der Waals surface area contributed by atoms with E-state index in [0.717, 1.165) is 23.5 Å².